The summed E-state index contributed by atoms with van der Waals surface area (Å²) in [5.74, 6) is 1.27. The fourth-order valence-corrected chi connectivity index (χ4v) is 3.29. The number of aryl methyl sites for hydroxylation is 1. The summed E-state index contributed by atoms with van der Waals surface area (Å²) in [6.07, 6.45) is 3.71. The zero-order valence-corrected chi connectivity index (χ0v) is 17.7. The summed E-state index contributed by atoms with van der Waals surface area (Å²) in [4.78, 5) is 31.6. The Kier molecular flexibility index (Phi) is 6.07. The van der Waals surface area contributed by atoms with E-state index >= 15 is 0 Å². The molecule has 2 amide bonds. The molecule has 32 heavy (non-hydrogen) atoms. The van der Waals surface area contributed by atoms with Crippen molar-refractivity contribution in [3.63, 3.8) is 0 Å². The quantitative estimate of drug-likeness (QED) is 0.413. The van der Waals surface area contributed by atoms with Crippen LogP contribution in [0.1, 0.15) is 11.4 Å². The van der Waals surface area contributed by atoms with E-state index in [-0.39, 0.29) is 11.7 Å². The number of para-hydroxylation sites is 2. The molecule has 0 aliphatic rings. The molecule has 4 rings (SSSR count). The number of imidazole rings is 1. The van der Waals surface area contributed by atoms with E-state index in [1.165, 1.54) is 4.57 Å². The van der Waals surface area contributed by atoms with Crippen molar-refractivity contribution in [1.82, 2.24) is 19.9 Å². The van der Waals surface area contributed by atoms with Gasteiger partial charge in [0.1, 0.15) is 12.0 Å². The van der Waals surface area contributed by atoms with Gasteiger partial charge in [-0.2, -0.15) is 0 Å². The molecular formula is C23H23N5O4. The van der Waals surface area contributed by atoms with Crippen LogP contribution < -0.4 is 21.1 Å². The van der Waals surface area contributed by atoms with Gasteiger partial charge in [0.15, 0.2) is 0 Å². The second-order valence-electron chi connectivity index (χ2n) is 7.09. The van der Waals surface area contributed by atoms with Gasteiger partial charge in [-0.25, -0.2) is 14.6 Å². The number of carbonyl (C=O) groups is 1. The van der Waals surface area contributed by atoms with E-state index in [0.717, 1.165) is 22.7 Å². The third kappa shape index (κ3) is 4.56. The predicted octanol–water partition coefficient (Wildman–Crippen LogP) is 3.50. The number of rotatable bonds is 7. The van der Waals surface area contributed by atoms with Crippen LogP contribution in [0, 0.1) is 6.92 Å². The van der Waals surface area contributed by atoms with Crippen LogP contribution in [-0.2, 0) is 6.42 Å². The third-order valence-electron chi connectivity index (χ3n) is 4.91. The lowest BCUT2D eigenvalue weighted by atomic mass is 10.2. The van der Waals surface area contributed by atoms with E-state index in [9.17, 15) is 9.59 Å². The molecule has 0 saturated carbocycles. The van der Waals surface area contributed by atoms with Crippen molar-refractivity contribution in [2.75, 3.05) is 19.0 Å². The number of aromatic amines is 1. The van der Waals surface area contributed by atoms with Crippen molar-refractivity contribution in [3.05, 3.63) is 82.9 Å². The average molecular weight is 433 g/mol. The Morgan fingerprint density at radius 1 is 1.19 bits per heavy atom. The number of carbonyl (C=O) groups excluding carboxylic acids is 1. The Labute approximate surface area is 184 Å². The van der Waals surface area contributed by atoms with Gasteiger partial charge >= 0.3 is 11.7 Å². The Hall–Kier alpha value is -4.27. The van der Waals surface area contributed by atoms with Gasteiger partial charge in [0, 0.05) is 30.4 Å². The summed E-state index contributed by atoms with van der Waals surface area (Å²) < 4.78 is 12.2. The number of nitrogens with one attached hydrogen (secondary N) is 3. The molecule has 0 aliphatic heterocycles. The molecule has 164 valence electrons. The van der Waals surface area contributed by atoms with E-state index in [1.54, 1.807) is 37.8 Å². The van der Waals surface area contributed by atoms with Crippen LogP contribution in [0.4, 0.5) is 10.5 Å². The normalized spacial score (nSPS) is 10.7. The summed E-state index contributed by atoms with van der Waals surface area (Å²) in [6.45, 7) is 2.18. The third-order valence-corrected chi connectivity index (χ3v) is 4.91. The monoisotopic (exact) mass is 433 g/mol. The summed E-state index contributed by atoms with van der Waals surface area (Å²) in [5, 5.41) is 5.60. The molecule has 4 aromatic rings. The van der Waals surface area contributed by atoms with Crippen LogP contribution in [0.5, 0.6) is 5.75 Å². The summed E-state index contributed by atoms with van der Waals surface area (Å²) in [5.41, 5.74) is 3.16. The number of ether oxygens (including phenoxy) is 1. The summed E-state index contributed by atoms with van der Waals surface area (Å²) in [7, 11) is 1.61. The number of urea groups is 1. The van der Waals surface area contributed by atoms with Crippen molar-refractivity contribution in [2.24, 2.45) is 0 Å². The van der Waals surface area contributed by atoms with Crippen molar-refractivity contribution in [2.45, 2.75) is 13.3 Å². The molecule has 0 fully saturated rings. The van der Waals surface area contributed by atoms with E-state index in [0.29, 0.717) is 30.2 Å². The van der Waals surface area contributed by atoms with Crippen LogP contribution in [0.2, 0.25) is 0 Å². The van der Waals surface area contributed by atoms with Gasteiger partial charge in [-0.05, 0) is 43.3 Å². The van der Waals surface area contributed by atoms with E-state index in [2.05, 4.69) is 20.6 Å². The molecule has 2 heterocycles. The Bertz CT molecular complexity index is 1270. The molecule has 0 radical (unpaired) electrons. The van der Waals surface area contributed by atoms with Crippen molar-refractivity contribution >= 4 is 11.7 Å². The molecule has 9 nitrogen and oxygen atoms in total. The predicted molar refractivity (Wildman–Crippen MR) is 120 cm³/mol. The minimum atomic E-state index is -0.377. The van der Waals surface area contributed by atoms with Gasteiger partial charge in [0.2, 0.25) is 5.89 Å². The first-order valence-corrected chi connectivity index (χ1v) is 10.1. The van der Waals surface area contributed by atoms with Gasteiger partial charge in [-0.15, -0.1) is 0 Å². The smallest absolute Gasteiger partial charge is 0.330 e. The fourth-order valence-electron chi connectivity index (χ4n) is 3.29. The molecule has 9 heteroatoms. The topological polar surface area (TPSA) is 114 Å². The van der Waals surface area contributed by atoms with Crippen molar-refractivity contribution in [1.29, 1.82) is 0 Å². The molecular weight excluding hydrogens is 410 g/mol. The molecule has 0 bridgehead atoms. The van der Waals surface area contributed by atoms with Gasteiger partial charge in [-0.1, -0.05) is 12.1 Å². The first-order chi connectivity index (χ1) is 15.5. The number of benzene rings is 2. The maximum Gasteiger partial charge on any atom is 0.330 e. The van der Waals surface area contributed by atoms with Crippen LogP contribution in [0.25, 0.3) is 17.1 Å². The maximum absolute atomic E-state index is 12.4. The van der Waals surface area contributed by atoms with Crippen LogP contribution in [0.15, 0.2) is 70.2 Å². The number of nitrogens with zero attached hydrogens (tertiary/aromatic N) is 2. The molecule has 0 aliphatic carbocycles. The van der Waals surface area contributed by atoms with Gasteiger partial charge in [-0.3, -0.25) is 4.57 Å². The number of hydrogen-bond acceptors (Lipinski definition) is 5. The van der Waals surface area contributed by atoms with Crippen LogP contribution >= 0.6 is 0 Å². The Morgan fingerprint density at radius 3 is 2.69 bits per heavy atom. The van der Waals surface area contributed by atoms with Gasteiger partial charge in [0.25, 0.3) is 0 Å². The molecule has 2 aromatic carbocycles. The van der Waals surface area contributed by atoms with E-state index < -0.39 is 0 Å². The van der Waals surface area contributed by atoms with Crippen LogP contribution in [-0.4, -0.2) is 34.2 Å². The molecule has 3 N–H and O–H groups in total. The van der Waals surface area contributed by atoms with E-state index in [1.807, 2.05) is 37.3 Å². The highest BCUT2D eigenvalue weighted by Crippen LogP contribution is 2.22. The van der Waals surface area contributed by atoms with Crippen molar-refractivity contribution in [3.8, 4) is 22.9 Å². The number of methoxy groups -OCH3 is 1. The fraction of sp³-hybridized carbons (Fsp3) is 0.174. The summed E-state index contributed by atoms with van der Waals surface area (Å²) >= 11 is 0. The first-order valence-electron chi connectivity index (χ1n) is 10.1. The van der Waals surface area contributed by atoms with E-state index in [4.69, 9.17) is 9.15 Å². The highest BCUT2D eigenvalue weighted by atomic mass is 16.5. The molecule has 0 unspecified atom stereocenters. The lowest BCUT2D eigenvalue weighted by Gasteiger charge is -2.13. The number of oxazole rings is 1. The second-order valence-corrected chi connectivity index (χ2v) is 7.09. The minimum Gasteiger partial charge on any atom is -0.497 e. The number of aromatic nitrogens is 3. The standard InChI is InChI=1S/C23H23N5O4/c1-15-13-25-23(30)28(15)20-6-4-3-5-19(20)27-22(29)24-12-11-17-14-32-21(26-17)16-7-9-18(31-2)10-8-16/h3-10,13-14H,11-12H2,1-2H3,(H,25,30)(H2,24,27,29). The average Bonchev–Trinajstić information content (AvgIpc) is 3.41. The zero-order valence-electron chi connectivity index (χ0n) is 17.7. The van der Waals surface area contributed by atoms with Gasteiger partial charge < -0.3 is 24.8 Å². The number of amides is 2. The number of H-pyrrole nitrogens is 1. The second kappa shape index (κ2) is 9.25. The Morgan fingerprint density at radius 2 is 1.97 bits per heavy atom. The van der Waals surface area contributed by atoms with Crippen LogP contribution in [0.3, 0.4) is 0 Å². The number of hydrogen-bond donors (Lipinski definition) is 3. The highest BCUT2D eigenvalue weighted by Gasteiger charge is 2.12. The maximum atomic E-state index is 12.4. The molecule has 2 aromatic heterocycles. The molecule has 0 saturated heterocycles. The minimum absolute atomic E-state index is 0.268. The SMILES string of the molecule is COc1ccc(-c2nc(CCNC(=O)Nc3ccccc3-n3c(C)c[nH]c3=O)co2)cc1. The highest BCUT2D eigenvalue weighted by molar-refractivity contribution is 5.91. The lowest BCUT2D eigenvalue weighted by molar-refractivity contribution is 0.252. The largest absolute Gasteiger partial charge is 0.497 e. The Balaban J connectivity index is 1.35. The van der Waals surface area contributed by atoms with Crippen molar-refractivity contribution < 1.29 is 13.9 Å². The zero-order chi connectivity index (χ0) is 22.5. The summed E-state index contributed by atoms with van der Waals surface area (Å²) in [6, 6.07) is 14.2. The first kappa shape index (κ1) is 21.0. The molecule has 0 atom stereocenters. The van der Waals surface area contributed by atoms with Gasteiger partial charge in [0.05, 0.1) is 24.2 Å². The number of anilines is 1. The molecule has 0 spiro atoms. The lowest BCUT2D eigenvalue weighted by Crippen LogP contribution is -2.31.